The molecule has 0 aliphatic carbocycles. The summed E-state index contributed by atoms with van der Waals surface area (Å²) in [6.45, 7) is 6.58. The topological polar surface area (TPSA) is 108 Å². The molecule has 2 aliphatic rings. The van der Waals surface area contributed by atoms with Crippen molar-refractivity contribution in [1.29, 1.82) is 0 Å². The summed E-state index contributed by atoms with van der Waals surface area (Å²) in [6, 6.07) is 5.68. The van der Waals surface area contributed by atoms with Gasteiger partial charge in [-0.15, -0.1) is 18.2 Å². The summed E-state index contributed by atoms with van der Waals surface area (Å²) in [7, 11) is 1.65. The van der Waals surface area contributed by atoms with Crippen LogP contribution in [-0.2, 0) is 36.7 Å². The van der Waals surface area contributed by atoms with Crippen molar-refractivity contribution < 1.29 is 33.3 Å². The zero-order chi connectivity index (χ0) is 27.2. The molecule has 0 bridgehead atoms. The fourth-order valence-corrected chi connectivity index (χ4v) is 5.34. The predicted molar refractivity (Wildman–Crippen MR) is 145 cm³/mol. The van der Waals surface area contributed by atoms with Crippen LogP contribution in [-0.4, -0.2) is 101 Å². The molecule has 210 valence electrons. The summed E-state index contributed by atoms with van der Waals surface area (Å²) < 4.78 is 27.4. The maximum Gasteiger partial charge on any atom is 0.315 e. The Kier molecular flexibility index (Phi) is 13.0. The minimum atomic E-state index is -0.192. The number of rotatable bonds is 16. The SMILES string of the molecule is C#CCOCCOCCOCCOC[C@H]1Cc2cc(OC)ccc2CN1C(=O)CSC1NC(=O)NCC1C. The summed E-state index contributed by atoms with van der Waals surface area (Å²) in [5.74, 6) is 3.75. The average Bonchev–Trinajstić information content (AvgIpc) is 2.93. The van der Waals surface area contributed by atoms with Gasteiger partial charge in [0.05, 0.1) is 70.5 Å². The smallest absolute Gasteiger partial charge is 0.315 e. The number of fused-ring (bicyclic) bond motifs is 1. The largest absolute Gasteiger partial charge is 0.497 e. The molecule has 2 aliphatic heterocycles. The molecule has 1 saturated heterocycles. The number of terminal acetylenes is 1. The second-order valence-corrected chi connectivity index (χ2v) is 10.3. The summed E-state index contributed by atoms with van der Waals surface area (Å²) in [4.78, 5) is 26.9. The van der Waals surface area contributed by atoms with Crippen molar-refractivity contribution in [3.63, 3.8) is 0 Å². The van der Waals surface area contributed by atoms with Crippen molar-refractivity contribution >= 4 is 23.7 Å². The Labute approximate surface area is 229 Å². The predicted octanol–water partition coefficient (Wildman–Crippen LogP) is 1.66. The van der Waals surface area contributed by atoms with Crippen molar-refractivity contribution in [3.05, 3.63) is 29.3 Å². The quantitative estimate of drug-likeness (QED) is 0.237. The standard InChI is InChI=1S/C27H39N3O7S/c1-4-7-34-8-9-35-10-11-36-12-13-37-18-23-14-22-15-24(33-3)6-5-21(22)17-30(23)25(31)19-38-26-20(2)16-28-27(32)29-26/h1,5-6,15,20,23,26H,7-14,16-19H2,2-3H3,(H2,28,29,32)/t20?,23-,26?/m1/s1. The van der Waals surface area contributed by atoms with Crippen molar-refractivity contribution in [2.24, 2.45) is 5.92 Å². The number of nitrogens with one attached hydrogen (secondary N) is 2. The monoisotopic (exact) mass is 549 g/mol. The Hall–Kier alpha value is -2.49. The molecule has 0 spiro atoms. The Morgan fingerprint density at radius 2 is 1.82 bits per heavy atom. The lowest BCUT2D eigenvalue weighted by atomic mass is 9.94. The van der Waals surface area contributed by atoms with Gasteiger partial charge in [-0.1, -0.05) is 18.9 Å². The minimum Gasteiger partial charge on any atom is -0.497 e. The van der Waals surface area contributed by atoms with Crippen molar-refractivity contribution in [2.45, 2.75) is 31.3 Å². The molecule has 3 amide bonds. The van der Waals surface area contributed by atoms with Crippen molar-refractivity contribution in [1.82, 2.24) is 15.5 Å². The number of urea groups is 1. The maximum atomic E-state index is 13.3. The number of hydrogen-bond donors (Lipinski definition) is 2. The first kappa shape index (κ1) is 30.1. The summed E-state index contributed by atoms with van der Waals surface area (Å²) in [6.07, 6.45) is 5.80. The number of benzene rings is 1. The molecule has 1 aromatic carbocycles. The van der Waals surface area contributed by atoms with Gasteiger partial charge in [0, 0.05) is 19.0 Å². The Bertz CT molecular complexity index is 942. The average molecular weight is 550 g/mol. The highest BCUT2D eigenvalue weighted by molar-refractivity contribution is 8.00. The summed E-state index contributed by atoms with van der Waals surface area (Å²) >= 11 is 1.47. The first-order chi connectivity index (χ1) is 18.5. The molecule has 1 aromatic rings. The first-order valence-electron chi connectivity index (χ1n) is 12.9. The van der Waals surface area contributed by atoms with E-state index < -0.39 is 0 Å². The van der Waals surface area contributed by atoms with Gasteiger partial charge in [-0.25, -0.2) is 4.79 Å². The van der Waals surface area contributed by atoms with Crippen LogP contribution in [0.5, 0.6) is 5.75 Å². The fourth-order valence-electron chi connectivity index (χ4n) is 4.23. The maximum absolute atomic E-state index is 13.3. The molecule has 2 N–H and O–H groups in total. The van der Waals surface area contributed by atoms with Gasteiger partial charge in [0.25, 0.3) is 0 Å². The Balaban J connectivity index is 1.45. The van der Waals surface area contributed by atoms with Gasteiger partial charge in [-0.3, -0.25) is 4.79 Å². The second-order valence-electron chi connectivity index (χ2n) is 9.13. The molecular weight excluding hydrogens is 510 g/mol. The van der Waals surface area contributed by atoms with E-state index in [1.54, 1.807) is 7.11 Å². The molecule has 11 heteroatoms. The number of carbonyl (C=O) groups excluding carboxylic acids is 2. The van der Waals surface area contributed by atoms with Gasteiger partial charge in [0.15, 0.2) is 0 Å². The lowest BCUT2D eigenvalue weighted by Crippen LogP contribution is -2.53. The molecule has 0 radical (unpaired) electrons. The molecule has 2 heterocycles. The van der Waals surface area contributed by atoms with Gasteiger partial charge < -0.3 is 39.2 Å². The van der Waals surface area contributed by atoms with Crippen LogP contribution in [0.4, 0.5) is 4.79 Å². The van der Waals surface area contributed by atoms with Gasteiger partial charge in [0.2, 0.25) is 5.91 Å². The Morgan fingerprint density at radius 1 is 1.11 bits per heavy atom. The van der Waals surface area contributed by atoms with Crippen LogP contribution in [0, 0.1) is 18.3 Å². The second kappa shape index (κ2) is 16.5. The van der Waals surface area contributed by atoms with E-state index in [1.165, 1.54) is 11.8 Å². The number of ether oxygens (including phenoxy) is 5. The van der Waals surface area contributed by atoms with Crippen LogP contribution in [0.25, 0.3) is 0 Å². The first-order valence-corrected chi connectivity index (χ1v) is 13.9. The summed E-state index contributed by atoms with van der Waals surface area (Å²) in [5, 5.41) is 5.60. The molecule has 3 atom stereocenters. The Morgan fingerprint density at radius 3 is 2.53 bits per heavy atom. The fraction of sp³-hybridized carbons (Fsp3) is 0.630. The minimum absolute atomic E-state index is 0.0321. The number of thioether (sulfide) groups is 1. The van der Waals surface area contributed by atoms with E-state index in [1.807, 2.05) is 23.1 Å². The van der Waals surface area contributed by atoms with Gasteiger partial charge >= 0.3 is 6.03 Å². The molecule has 0 saturated carbocycles. The van der Waals surface area contributed by atoms with Gasteiger partial charge in [-0.05, 0) is 29.7 Å². The molecule has 1 fully saturated rings. The zero-order valence-electron chi connectivity index (χ0n) is 22.2. The molecule has 2 unspecified atom stereocenters. The third-order valence-electron chi connectivity index (χ3n) is 6.34. The van der Waals surface area contributed by atoms with E-state index in [0.717, 1.165) is 16.9 Å². The lowest BCUT2D eigenvalue weighted by molar-refractivity contribution is -0.133. The third kappa shape index (κ3) is 9.67. The highest BCUT2D eigenvalue weighted by Crippen LogP contribution is 2.28. The van der Waals surface area contributed by atoms with E-state index in [4.69, 9.17) is 30.1 Å². The molecule has 38 heavy (non-hydrogen) atoms. The van der Waals surface area contributed by atoms with Crippen LogP contribution in [0.1, 0.15) is 18.1 Å². The van der Waals surface area contributed by atoms with Crippen LogP contribution in [0.2, 0.25) is 0 Å². The lowest BCUT2D eigenvalue weighted by Gasteiger charge is -2.37. The molecular formula is C27H39N3O7S. The number of carbonyl (C=O) groups is 2. The van der Waals surface area contributed by atoms with Crippen molar-refractivity contribution in [3.8, 4) is 18.1 Å². The van der Waals surface area contributed by atoms with E-state index in [-0.39, 0.29) is 41.6 Å². The number of nitrogens with zero attached hydrogens (tertiary/aromatic N) is 1. The van der Waals surface area contributed by atoms with Crippen LogP contribution < -0.4 is 15.4 Å². The molecule has 10 nitrogen and oxygen atoms in total. The number of hydrogen-bond acceptors (Lipinski definition) is 8. The van der Waals surface area contributed by atoms with Crippen LogP contribution >= 0.6 is 11.8 Å². The molecule has 3 rings (SSSR count). The number of amides is 3. The van der Waals surface area contributed by atoms with Crippen LogP contribution in [0.3, 0.4) is 0 Å². The van der Waals surface area contributed by atoms with E-state index in [2.05, 4.69) is 23.5 Å². The normalized spacial score (nSPS) is 20.7. The van der Waals surface area contributed by atoms with Gasteiger partial charge in [-0.2, -0.15) is 0 Å². The van der Waals surface area contributed by atoms with Gasteiger partial charge in [0.1, 0.15) is 12.4 Å². The van der Waals surface area contributed by atoms with Crippen molar-refractivity contribution in [2.75, 3.05) is 72.3 Å². The molecule has 0 aromatic heterocycles. The highest BCUT2D eigenvalue weighted by atomic mass is 32.2. The summed E-state index contributed by atoms with van der Waals surface area (Å²) in [5.41, 5.74) is 2.27. The van der Waals surface area contributed by atoms with E-state index >= 15 is 0 Å². The zero-order valence-corrected chi connectivity index (χ0v) is 23.1. The van der Waals surface area contributed by atoms with E-state index in [0.29, 0.717) is 65.8 Å². The van der Waals surface area contributed by atoms with E-state index in [9.17, 15) is 9.59 Å². The van der Waals surface area contributed by atoms with Crippen LogP contribution in [0.15, 0.2) is 18.2 Å². The highest BCUT2D eigenvalue weighted by Gasteiger charge is 2.32. The third-order valence-corrected chi connectivity index (χ3v) is 7.70. The number of methoxy groups -OCH3 is 1.